The molecule has 1 heterocycles. The normalized spacial score (nSPS) is 29.9. The van der Waals surface area contributed by atoms with Crippen molar-refractivity contribution in [3.8, 4) is 0 Å². The molecule has 2 fully saturated rings. The van der Waals surface area contributed by atoms with Gasteiger partial charge in [0.1, 0.15) is 6.61 Å². The number of rotatable bonds is 2. The second-order valence-electron chi connectivity index (χ2n) is 5.05. The topological polar surface area (TPSA) is 55.6 Å². The van der Waals surface area contributed by atoms with Crippen LogP contribution in [0.2, 0.25) is 0 Å². The van der Waals surface area contributed by atoms with Crippen LogP contribution in [0.4, 0.5) is 4.79 Å². The van der Waals surface area contributed by atoms with E-state index in [0.717, 1.165) is 18.5 Å². The van der Waals surface area contributed by atoms with E-state index in [1.54, 1.807) is 4.90 Å². The van der Waals surface area contributed by atoms with Gasteiger partial charge >= 0.3 is 6.09 Å². The third-order valence-electron chi connectivity index (χ3n) is 3.67. The lowest BCUT2D eigenvalue weighted by molar-refractivity contribution is 0.0998. The molecule has 4 heteroatoms. The summed E-state index contributed by atoms with van der Waals surface area (Å²) in [6.07, 6.45) is 0.806. The fraction of sp³-hybridized carbons (Fsp3) is 0.462. The summed E-state index contributed by atoms with van der Waals surface area (Å²) < 4.78 is 5.26. The zero-order chi connectivity index (χ0) is 11.9. The highest BCUT2D eigenvalue weighted by Crippen LogP contribution is 2.47. The van der Waals surface area contributed by atoms with Gasteiger partial charge in [-0.15, -0.1) is 0 Å². The van der Waals surface area contributed by atoms with Crippen molar-refractivity contribution < 1.29 is 9.53 Å². The first-order valence-electron chi connectivity index (χ1n) is 5.92. The summed E-state index contributed by atoms with van der Waals surface area (Å²) in [6.45, 7) is 1.73. The van der Waals surface area contributed by atoms with Crippen molar-refractivity contribution in [3.63, 3.8) is 0 Å². The molecular weight excluding hydrogens is 216 g/mol. The number of hydrogen-bond donors (Lipinski definition) is 1. The van der Waals surface area contributed by atoms with E-state index in [0.29, 0.717) is 19.1 Å². The molecule has 2 N–H and O–H groups in total. The van der Waals surface area contributed by atoms with Gasteiger partial charge in [0, 0.05) is 18.6 Å². The summed E-state index contributed by atoms with van der Waals surface area (Å²) in [4.78, 5) is 13.5. The Morgan fingerprint density at radius 3 is 2.88 bits per heavy atom. The lowest BCUT2D eigenvalue weighted by Gasteiger charge is -2.18. The third-order valence-corrected chi connectivity index (χ3v) is 3.67. The fourth-order valence-electron chi connectivity index (χ4n) is 2.48. The highest BCUT2D eigenvalue weighted by Gasteiger charge is 2.58. The minimum atomic E-state index is -0.245. The van der Waals surface area contributed by atoms with Crippen LogP contribution in [-0.2, 0) is 11.3 Å². The first-order chi connectivity index (χ1) is 8.17. The maximum absolute atomic E-state index is 11.8. The number of benzene rings is 1. The van der Waals surface area contributed by atoms with E-state index in [1.807, 2.05) is 30.3 Å². The lowest BCUT2D eigenvalue weighted by atomic mass is 10.2. The van der Waals surface area contributed by atoms with Crippen LogP contribution in [0.5, 0.6) is 0 Å². The van der Waals surface area contributed by atoms with Gasteiger partial charge in [-0.3, -0.25) is 0 Å². The van der Waals surface area contributed by atoms with E-state index in [-0.39, 0.29) is 11.6 Å². The van der Waals surface area contributed by atoms with Crippen LogP contribution in [0.25, 0.3) is 0 Å². The molecule has 1 aliphatic carbocycles. The Kier molecular flexibility index (Phi) is 2.33. The van der Waals surface area contributed by atoms with E-state index in [1.165, 1.54) is 0 Å². The van der Waals surface area contributed by atoms with Gasteiger partial charge in [0.05, 0.1) is 0 Å². The van der Waals surface area contributed by atoms with Crippen LogP contribution >= 0.6 is 0 Å². The van der Waals surface area contributed by atoms with Crippen LogP contribution in [0, 0.1) is 5.92 Å². The van der Waals surface area contributed by atoms with Crippen molar-refractivity contribution in [2.24, 2.45) is 11.7 Å². The number of nitrogens with two attached hydrogens (primary N) is 1. The predicted molar refractivity (Wildman–Crippen MR) is 63.2 cm³/mol. The van der Waals surface area contributed by atoms with Gasteiger partial charge in [-0.05, 0) is 17.9 Å². The molecule has 2 aliphatic rings. The quantitative estimate of drug-likeness (QED) is 0.837. The summed E-state index contributed by atoms with van der Waals surface area (Å²) in [6, 6.07) is 9.70. The number of ether oxygens (including phenoxy) is 1. The zero-order valence-corrected chi connectivity index (χ0v) is 9.63. The van der Waals surface area contributed by atoms with E-state index < -0.39 is 0 Å². The summed E-state index contributed by atoms with van der Waals surface area (Å²) in [5.74, 6) is 0.492. The molecule has 2 atom stereocenters. The van der Waals surface area contributed by atoms with E-state index >= 15 is 0 Å². The van der Waals surface area contributed by atoms with Gasteiger partial charge in [0.25, 0.3) is 0 Å². The molecule has 17 heavy (non-hydrogen) atoms. The second-order valence-corrected chi connectivity index (χ2v) is 5.05. The average molecular weight is 232 g/mol. The molecule has 90 valence electrons. The highest BCUT2D eigenvalue weighted by molar-refractivity contribution is 5.69. The molecule has 1 saturated carbocycles. The van der Waals surface area contributed by atoms with E-state index in [4.69, 9.17) is 10.5 Å². The molecule has 0 spiro atoms. The minimum Gasteiger partial charge on any atom is -0.445 e. The summed E-state index contributed by atoms with van der Waals surface area (Å²) >= 11 is 0. The molecular formula is C13H16N2O2. The van der Waals surface area contributed by atoms with Gasteiger partial charge < -0.3 is 15.4 Å². The van der Waals surface area contributed by atoms with Crippen LogP contribution in [-0.4, -0.2) is 29.6 Å². The van der Waals surface area contributed by atoms with Gasteiger partial charge in [0.2, 0.25) is 0 Å². The van der Waals surface area contributed by atoms with Gasteiger partial charge in [-0.25, -0.2) is 4.79 Å². The zero-order valence-electron chi connectivity index (χ0n) is 9.63. The van der Waals surface area contributed by atoms with Gasteiger partial charge in [-0.1, -0.05) is 30.3 Å². The van der Waals surface area contributed by atoms with Crippen molar-refractivity contribution in [2.75, 3.05) is 13.1 Å². The number of carbonyl (C=O) groups is 1. The number of carbonyl (C=O) groups excluding carboxylic acids is 1. The Morgan fingerprint density at radius 1 is 1.47 bits per heavy atom. The molecule has 0 bridgehead atoms. The second kappa shape index (κ2) is 3.74. The number of likely N-dealkylation sites (tertiary alicyclic amines) is 1. The SMILES string of the molecule is N[C@@]12C[C@@H]1CN(C(=O)OCc1ccccc1)C2. The number of amides is 1. The van der Waals surface area contributed by atoms with Crippen molar-refractivity contribution in [2.45, 2.75) is 18.6 Å². The van der Waals surface area contributed by atoms with Crippen molar-refractivity contribution >= 4 is 6.09 Å². The van der Waals surface area contributed by atoms with Gasteiger partial charge in [-0.2, -0.15) is 0 Å². The van der Waals surface area contributed by atoms with Crippen molar-refractivity contribution in [1.82, 2.24) is 4.90 Å². The largest absolute Gasteiger partial charge is 0.445 e. The van der Waals surface area contributed by atoms with E-state index in [9.17, 15) is 4.79 Å². The first kappa shape index (κ1) is 10.6. The summed E-state index contributed by atoms with van der Waals surface area (Å²) in [7, 11) is 0. The fourth-order valence-corrected chi connectivity index (χ4v) is 2.48. The number of nitrogens with zero attached hydrogens (tertiary/aromatic N) is 1. The van der Waals surface area contributed by atoms with Crippen molar-refractivity contribution in [3.05, 3.63) is 35.9 Å². The summed E-state index contributed by atoms with van der Waals surface area (Å²) in [5, 5.41) is 0. The first-order valence-corrected chi connectivity index (χ1v) is 5.92. The molecule has 4 nitrogen and oxygen atoms in total. The Bertz CT molecular complexity index is 434. The monoisotopic (exact) mass is 232 g/mol. The molecule has 1 aromatic carbocycles. The van der Waals surface area contributed by atoms with Gasteiger partial charge in [0.15, 0.2) is 0 Å². The molecule has 0 aromatic heterocycles. The highest BCUT2D eigenvalue weighted by atomic mass is 16.6. The molecule has 0 unspecified atom stereocenters. The maximum atomic E-state index is 11.8. The predicted octanol–water partition coefficient (Wildman–Crippen LogP) is 1.36. The number of piperidine rings is 1. The molecule has 1 amide bonds. The van der Waals surface area contributed by atoms with Crippen LogP contribution in [0.3, 0.4) is 0 Å². The van der Waals surface area contributed by atoms with Crippen LogP contribution in [0.1, 0.15) is 12.0 Å². The Balaban J connectivity index is 1.51. The smallest absolute Gasteiger partial charge is 0.410 e. The molecule has 1 saturated heterocycles. The number of hydrogen-bond acceptors (Lipinski definition) is 3. The number of fused-ring (bicyclic) bond motifs is 1. The standard InChI is InChI=1S/C13H16N2O2/c14-13-6-11(13)7-15(9-13)12(16)17-8-10-4-2-1-3-5-10/h1-5,11H,6-9,14H2/t11-,13-/m1/s1. The average Bonchev–Trinajstić information content (AvgIpc) is 2.86. The third kappa shape index (κ3) is 2.00. The lowest BCUT2D eigenvalue weighted by Crippen LogP contribution is -2.37. The molecule has 3 rings (SSSR count). The Morgan fingerprint density at radius 2 is 2.24 bits per heavy atom. The maximum Gasteiger partial charge on any atom is 0.410 e. The van der Waals surface area contributed by atoms with Crippen molar-refractivity contribution in [1.29, 1.82) is 0 Å². The van der Waals surface area contributed by atoms with Crippen LogP contribution in [0.15, 0.2) is 30.3 Å². The molecule has 1 aliphatic heterocycles. The minimum absolute atomic E-state index is 0.105. The van der Waals surface area contributed by atoms with Crippen LogP contribution < -0.4 is 5.73 Å². The summed E-state index contributed by atoms with van der Waals surface area (Å²) in [5.41, 5.74) is 6.94. The molecule has 1 aromatic rings. The Hall–Kier alpha value is -1.55. The molecule has 0 radical (unpaired) electrons. The Labute approximate surface area is 100 Å². The van der Waals surface area contributed by atoms with E-state index in [2.05, 4.69) is 0 Å².